The van der Waals surface area contributed by atoms with Crippen LogP contribution in [0.2, 0.25) is 0 Å². The first-order valence-electron chi connectivity index (χ1n) is 10.0. The molecule has 0 aromatic rings. The Balaban J connectivity index is 0.00000338. The lowest BCUT2D eigenvalue weighted by Gasteiger charge is -2.36. The monoisotopic (exact) mass is 424 g/mol. The van der Waals surface area contributed by atoms with Crippen molar-refractivity contribution in [3.05, 3.63) is 0 Å². The van der Waals surface area contributed by atoms with Crippen molar-refractivity contribution in [3.63, 3.8) is 0 Å². The fourth-order valence-corrected chi connectivity index (χ4v) is 3.96. The van der Waals surface area contributed by atoms with Gasteiger partial charge in [-0.3, -0.25) is 14.5 Å². The minimum Gasteiger partial charge on any atom is -0.342 e. The molecular weight excluding hydrogens is 387 g/mol. The lowest BCUT2D eigenvalue weighted by Crippen LogP contribution is -2.52. The largest absolute Gasteiger partial charge is 0.342 e. The Kier molecular flexibility index (Phi) is 13.3. The second kappa shape index (κ2) is 13.6. The van der Waals surface area contributed by atoms with Gasteiger partial charge in [0.15, 0.2) is 0 Å². The van der Waals surface area contributed by atoms with Crippen LogP contribution in [0.3, 0.4) is 0 Å². The number of nitrogens with zero attached hydrogens (tertiary/aromatic N) is 3. The average molecular weight is 425 g/mol. The van der Waals surface area contributed by atoms with E-state index >= 15 is 0 Å². The van der Waals surface area contributed by atoms with E-state index in [-0.39, 0.29) is 36.6 Å². The molecule has 2 heterocycles. The molecule has 160 valence electrons. The molecule has 0 aliphatic carbocycles. The minimum atomic E-state index is 0. The first-order chi connectivity index (χ1) is 12.0. The zero-order chi connectivity index (χ0) is 18.2. The fourth-order valence-electron chi connectivity index (χ4n) is 3.96. The molecule has 6 nitrogen and oxygen atoms in total. The van der Waals surface area contributed by atoms with Crippen LogP contribution in [0.15, 0.2) is 0 Å². The summed E-state index contributed by atoms with van der Waals surface area (Å²) in [5, 5.41) is 3.44. The van der Waals surface area contributed by atoms with Gasteiger partial charge in [-0.15, -0.1) is 24.8 Å². The zero-order valence-electron chi connectivity index (χ0n) is 17.1. The van der Waals surface area contributed by atoms with Gasteiger partial charge >= 0.3 is 0 Å². The topological polar surface area (TPSA) is 55.9 Å². The summed E-state index contributed by atoms with van der Waals surface area (Å²) in [7, 11) is 0. The molecular formula is C19H38Cl2N4O2. The highest BCUT2D eigenvalue weighted by Gasteiger charge is 2.27. The number of piperidine rings is 1. The molecule has 2 atom stereocenters. The molecule has 0 saturated carbocycles. The summed E-state index contributed by atoms with van der Waals surface area (Å²) in [6, 6.07) is 0. The first-order valence-corrected chi connectivity index (χ1v) is 10.0. The molecule has 2 fully saturated rings. The molecule has 2 unspecified atom stereocenters. The van der Waals surface area contributed by atoms with Crippen LogP contribution in [-0.4, -0.2) is 85.4 Å². The maximum absolute atomic E-state index is 12.6. The third-order valence-corrected chi connectivity index (χ3v) is 5.84. The van der Waals surface area contributed by atoms with Gasteiger partial charge in [0, 0.05) is 45.7 Å². The Bertz CT molecular complexity index is 435. The van der Waals surface area contributed by atoms with Crippen molar-refractivity contribution in [2.75, 3.05) is 58.9 Å². The molecule has 2 saturated heterocycles. The summed E-state index contributed by atoms with van der Waals surface area (Å²) in [4.78, 5) is 30.8. The lowest BCUT2D eigenvalue weighted by atomic mass is 9.85. The van der Waals surface area contributed by atoms with Crippen molar-refractivity contribution >= 4 is 36.6 Å². The van der Waals surface area contributed by atoms with Crippen molar-refractivity contribution in [1.82, 2.24) is 20.0 Å². The van der Waals surface area contributed by atoms with Gasteiger partial charge in [-0.25, -0.2) is 0 Å². The summed E-state index contributed by atoms with van der Waals surface area (Å²) in [6.07, 6.45) is 3.12. The summed E-state index contributed by atoms with van der Waals surface area (Å²) in [5.41, 5.74) is 0. The Morgan fingerprint density at radius 3 is 2.26 bits per heavy atom. The molecule has 0 radical (unpaired) electrons. The van der Waals surface area contributed by atoms with E-state index in [0.717, 1.165) is 52.4 Å². The second-order valence-corrected chi connectivity index (χ2v) is 7.51. The van der Waals surface area contributed by atoms with Gasteiger partial charge in [0.1, 0.15) is 0 Å². The van der Waals surface area contributed by atoms with Crippen LogP contribution in [0.4, 0.5) is 0 Å². The van der Waals surface area contributed by atoms with Gasteiger partial charge in [-0.05, 0) is 51.6 Å². The highest BCUT2D eigenvalue weighted by molar-refractivity contribution is 5.85. The van der Waals surface area contributed by atoms with E-state index in [9.17, 15) is 9.59 Å². The van der Waals surface area contributed by atoms with Gasteiger partial charge < -0.3 is 15.1 Å². The van der Waals surface area contributed by atoms with E-state index in [0.29, 0.717) is 24.8 Å². The molecule has 0 aromatic heterocycles. The van der Waals surface area contributed by atoms with Crippen LogP contribution in [0.5, 0.6) is 0 Å². The number of rotatable bonds is 7. The van der Waals surface area contributed by atoms with Gasteiger partial charge in [-0.1, -0.05) is 6.92 Å². The van der Waals surface area contributed by atoms with Crippen LogP contribution in [0.25, 0.3) is 0 Å². The summed E-state index contributed by atoms with van der Waals surface area (Å²) < 4.78 is 0. The van der Waals surface area contributed by atoms with E-state index in [1.807, 2.05) is 23.6 Å². The zero-order valence-corrected chi connectivity index (χ0v) is 18.7. The molecule has 0 spiro atoms. The third kappa shape index (κ3) is 8.14. The van der Waals surface area contributed by atoms with Crippen molar-refractivity contribution < 1.29 is 9.59 Å². The maximum atomic E-state index is 12.6. The lowest BCUT2D eigenvalue weighted by molar-refractivity contribution is -0.135. The van der Waals surface area contributed by atoms with E-state index in [4.69, 9.17) is 0 Å². The van der Waals surface area contributed by atoms with Crippen LogP contribution >= 0.6 is 24.8 Å². The Labute approximate surface area is 177 Å². The molecule has 27 heavy (non-hydrogen) atoms. The number of halogens is 2. The molecule has 2 aliphatic rings. The van der Waals surface area contributed by atoms with Gasteiger partial charge in [0.05, 0.1) is 6.54 Å². The van der Waals surface area contributed by atoms with Gasteiger partial charge in [-0.2, -0.15) is 0 Å². The SMILES string of the molecule is CCN(CC)C(=O)CN1CCN(C(=O)CC(C)C2CCCNC2)CC1.Cl.Cl. The van der Waals surface area contributed by atoms with Crippen LogP contribution < -0.4 is 5.32 Å². The van der Waals surface area contributed by atoms with E-state index in [2.05, 4.69) is 17.1 Å². The highest BCUT2D eigenvalue weighted by atomic mass is 35.5. The van der Waals surface area contributed by atoms with E-state index in [1.165, 1.54) is 12.8 Å². The van der Waals surface area contributed by atoms with Gasteiger partial charge in [0.25, 0.3) is 0 Å². The predicted molar refractivity (Wildman–Crippen MR) is 115 cm³/mol. The summed E-state index contributed by atoms with van der Waals surface area (Å²) in [5.74, 6) is 1.56. The number of carbonyl (C=O) groups is 2. The van der Waals surface area contributed by atoms with Gasteiger partial charge in [0.2, 0.25) is 11.8 Å². The summed E-state index contributed by atoms with van der Waals surface area (Å²) in [6.45, 7) is 13.5. The molecule has 2 aliphatic heterocycles. The molecule has 8 heteroatoms. The Morgan fingerprint density at radius 2 is 1.74 bits per heavy atom. The Morgan fingerprint density at radius 1 is 1.11 bits per heavy atom. The average Bonchev–Trinajstić information content (AvgIpc) is 2.64. The molecule has 1 N–H and O–H groups in total. The maximum Gasteiger partial charge on any atom is 0.236 e. The van der Waals surface area contributed by atoms with Crippen LogP contribution in [0, 0.1) is 11.8 Å². The number of hydrogen-bond donors (Lipinski definition) is 1. The van der Waals surface area contributed by atoms with Crippen LogP contribution in [-0.2, 0) is 9.59 Å². The van der Waals surface area contributed by atoms with E-state index in [1.54, 1.807) is 0 Å². The Hall–Kier alpha value is -0.560. The fraction of sp³-hybridized carbons (Fsp3) is 0.895. The van der Waals surface area contributed by atoms with Crippen molar-refractivity contribution in [2.45, 2.75) is 40.0 Å². The number of likely N-dealkylation sites (N-methyl/N-ethyl adjacent to an activating group) is 1. The van der Waals surface area contributed by atoms with Crippen molar-refractivity contribution in [3.8, 4) is 0 Å². The quantitative estimate of drug-likeness (QED) is 0.677. The highest BCUT2D eigenvalue weighted by Crippen LogP contribution is 2.23. The third-order valence-electron chi connectivity index (χ3n) is 5.84. The van der Waals surface area contributed by atoms with Crippen molar-refractivity contribution in [2.24, 2.45) is 11.8 Å². The normalized spacial score (nSPS) is 21.6. The number of carbonyl (C=O) groups excluding carboxylic acids is 2. The predicted octanol–water partition coefficient (Wildman–Crippen LogP) is 1.87. The summed E-state index contributed by atoms with van der Waals surface area (Å²) >= 11 is 0. The number of piperazine rings is 1. The minimum absolute atomic E-state index is 0. The smallest absolute Gasteiger partial charge is 0.236 e. The number of hydrogen-bond acceptors (Lipinski definition) is 4. The van der Waals surface area contributed by atoms with Crippen molar-refractivity contribution in [1.29, 1.82) is 0 Å². The standard InChI is InChI=1S/C19H36N4O2.2ClH/c1-4-22(5-2)19(25)15-21-9-11-23(12-10-21)18(24)13-16(3)17-7-6-8-20-14-17;;/h16-17,20H,4-15H2,1-3H3;2*1H. The molecule has 0 aromatic carbocycles. The number of nitrogens with one attached hydrogen (secondary N) is 1. The van der Waals surface area contributed by atoms with Crippen LogP contribution in [0.1, 0.15) is 40.0 Å². The second-order valence-electron chi connectivity index (χ2n) is 7.51. The molecule has 2 rings (SSSR count). The number of amides is 2. The van der Waals surface area contributed by atoms with E-state index < -0.39 is 0 Å². The molecule has 2 amide bonds. The first kappa shape index (κ1) is 26.4. The molecule has 0 bridgehead atoms.